The number of benzene rings is 2. The highest BCUT2D eigenvalue weighted by atomic mass is 16.3. The molecule has 0 bridgehead atoms. The SMILES string of the molecule is CCCCn1c(O)c(C=C2C(c3ccccc3)=Nc3ccccc32)c(=O)n1CCCC. The Bertz CT molecular complexity index is 1180. The molecular formula is C26H29N3O2. The maximum atomic E-state index is 13.3. The van der Waals surface area contributed by atoms with Crippen LogP contribution in [-0.4, -0.2) is 20.2 Å². The van der Waals surface area contributed by atoms with Crippen molar-refractivity contribution >= 4 is 23.0 Å². The third kappa shape index (κ3) is 4.00. The monoisotopic (exact) mass is 415 g/mol. The molecule has 0 radical (unpaired) electrons. The van der Waals surface area contributed by atoms with Gasteiger partial charge in [-0.15, -0.1) is 0 Å². The Labute approximate surface area is 183 Å². The lowest BCUT2D eigenvalue weighted by Crippen LogP contribution is -2.24. The molecule has 1 aromatic heterocycles. The Balaban J connectivity index is 1.87. The summed E-state index contributed by atoms with van der Waals surface area (Å²) >= 11 is 0. The number of aromatic nitrogens is 2. The van der Waals surface area contributed by atoms with E-state index >= 15 is 0 Å². The molecule has 0 saturated carbocycles. The molecule has 0 atom stereocenters. The van der Waals surface area contributed by atoms with Gasteiger partial charge < -0.3 is 5.11 Å². The Kier molecular flexibility index (Phi) is 6.21. The van der Waals surface area contributed by atoms with Gasteiger partial charge in [-0.25, -0.2) is 9.67 Å². The van der Waals surface area contributed by atoms with E-state index in [9.17, 15) is 9.90 Å². The number of fused-ring (bicyclic) bond motifs is 1. The second-order valence-electron chi connectivity index (χ2n) is 7.90. The summed E-state index contributed by atoms with van der Waals surface area (Å²) in [6, 6.07) is 17.9. The minimum atomic E-state index is -0.147. The van der Waals surface area contributed by atoms with Crippen LogP contribution in [0.25, 0.3) is 11.6 Å². The Morgan fingerprint density at radius 2 is 1.55 bits per heavy atom. The van der Waals surface area contributed by atoms with Crippen molar-refractivity contribution in [1.29, 1.82) is 0 Å². The summed E-state index contributed by atoms with van der Waals surface area (Å²) in [5, 5.41) is 11.0. The van der Waals surface area contributed by atoms with Crippen LogP contribution in [0, 0.1) is 0 Å². The van der Waals surface area contributed by atoms with Crippen molar-refractivity contribution < 1.29 is 5.11 Å². The van der Waals surface area contributed by atoms with Crippen LogP contribution < -0.4 is 5.56 Å². The Hall–Kier alpha value is -3.34. The van der Waals surface area contributed by atoms with Gasteiger partial charge in [0.15, 0.2) is 0 Å². The lowest BCUT2D eigenvalue weighted by Gasteiger charge is -2.11. The minimum Gasteiger partial charge on any atom is -0.493 e. The van der Waals surface area contributed by atoms with Crippen molar-refractivity contribution in [3.05, 3.63) is 81.6 Å². The fourth-order valence-corrected chi connectivity index (χ4v) is 4.00. The number of hydrogen-bond donors (Lipinski definition) is 1. The van der Waals surface area contributed by atoms with Crippen LogP contribution >= 0.6 is 0 Å². The van der Waals surface area contributed by atoms with Gasteiger partial charge >= 0.3 is 0 Å². The molecule has 5 nitrogen and oxygen atoms in total. The quantitative estimate of drug-likeness (QED) is 0.518. The molecule has 31 heavy (non-hydrogen) atoms. The fourth-order valence-electron chi connectivity index (χ4n) is 4.00. The molecule has 1 aliphatic heterocycles. The molecule has 1 N–H and O–H groups in total. The maximum absolute atomic E-state index is 13.3. The number of allylic oxidation sites excluding steroid dienone is 1. The molecule has 0 saturated heterocycles. The molecule has 0 amide bonds. The Morgan fingerprint density at radius 3 is 2.26 bits per heavy atom. The zero-order chi connectivity index (χ0) is 21.8. The molecule has 5 heteroatoms. The van der Waals surface area contributed by atoms with Gasteiger partial charge in [-0.2, -0.15) is 0 Å². The zero-order valence-corrected chi connectivity index (χ0v) is 18.2. The van der Waals surface area contributed by atoms with Gasteiger partial charge in [-0.05, 0) is 25.0 Å². The first-order valence-corrected chi connectivity index (χ1v) is 11.1. The smallest absolute Gasteiger partial charge is 0.277 e. The molecule has 0 aliphatic carbocycles. The van der Waals surface area contributed by atoms with Crippen LogP contribution in [0.2, 0.25) is 0 Å². The van der Waals surface area contributed by atoms with Crippen LogP contribution in [0.3, 0.4) is 0 Å². The van der Waals surface area contributed by atoms with Crippen molar-refractivity contribution in [3.8, 4) is 5.88 Å². The molecular weight excluding hydrogens is 386 g/mol. The molecule has 2 aromatic carbocycles. The average molecular weight is 416 g/mol. The van der Waals surface area contributed by atoms with Gasteiger partial charge in [-0.3, -0.25) is 9.48 Å². The molecule has 1 aliphatic rings. The van der Waals surface area contributed by atoms with Gasteiger partial charge in [0.05, 0.1) is 11.4 Å². The van der Waals surface area contributed by atoms with E-state index in [0.717, 1.165) is 53.8 Å². The van der Waals surface area contributed by atoms with E-state index in [4.69, 9.17) is 4.99 Å². The molecule has 3 aromatic rings. The van der Waals surface area contributed by atoms with Gasteiger partial charge in [0.2, 0.25) is 5.88 Å². The topological polar surface area (TPSA) is 59.5 Å². The van der Waals surface area contributed by atoms with Crippen LogP contribution in [0.5, 0.6) is 5.88 Å². The normalized spacial score (nSPS) is 14.1. The summed E-state index contributed by atoms with van der Waals surface area (Å²) in [6.07, 6.45) is 5.60. The van der Waals surface area contributed by atoms with Gasteiger partial charge in [-0.1, -0.05) is 75.2 Å². The van der Waals surface area contributed by atoms with E-state index in [1.54, 1.807) is 9.36 Å². The highest BCUT2D eigenvalue weighted by Gasteiger charge is 2.25. The molecule has 0 fully saturated rings. The molecule has 0 unspecified atom stereocenters. The van der Waals surface area contributed by atoms with E-state index < -0.39 is 0 Å². The third-order valence-electron chi connectivity index (χ3n) is 5.71. The summed E-state index contributed by atoms with van der Waals surface area (Å²) in [4.78, 5) is 18.2. The highest BCUT2D eigenvalue weighted by molar-refractivity contribution is 6.39. The van der Waals surface area contributed by atoms with Crippen LogP contribution in [0.4, 0.5) is 5.69 Å². The number of aliphatic imine (C=N–C) groups is 1. The molecule has 4 rings (SSSR count). The molecule has 2 heterocycles. The molecule has 0 spiro atoms. The second-order valence-corrected chi connectivity index (χ2v) is 7.90. The number of hydrogen-bond acceptors (Lipinski definition) is 3. The first-order chi connectivity index (χ1) is 15.2. The first kappa shape index (κ1) is 20.9. The van der Waals surface area contributed by atoms with Crippen molar-refractivity contribution in [2.75, 3.05) is 0 Å². The van der Waals surface area contributed by atoms with E-state index in [0.29, 0.717) is 18.7 Å². The lowest BCUT2D eigenvalue weighted by atomic mass is 9.96. The van der Waals surface area contributed by atoms with E-state index in [1.165, 1.54) is 0 Å². The Morgan fingerprint density at radius 1 is 0.903 bits per heavy atom. The van der Waals surface area contributed by atoms with Crippen molar-refractivity contribution in [2.45, 2.75) is 52.6 Å². The number of unbranched alkanes of at least 4 members (excludes halogenated alkanes) is 2. The van der Waals surface area contributed by atoms with Crippen molar-refractivity contribution in [3.63, 3.8) is 0 Å². The minimum absolute atomic E-state index is 0.0406. The summed E-state index contributed by atoms with van der Waals surface area (Å²) in [6.45, 7) is 5.44. The fraction of sp³-hybridized carbons (Fsp3) is 0.308. The predicted octanol–water partition coefficient (Wildman–Crippen LogP) is 5.63. The van der Waals surface area contributed by atoms with Gasteiger partial charge in [0.1, 0.15) is 5.56 Å². The largest absolute Gasteiger partial charge is 0.493 e. The van der Waals surface area contributed by atoms with E-state index in [1.807, 2.05) is 60.7 Å². The predicted molar refractivity (Wildman–Crippen MR) is 127 cm³/mol. The van der Waals surface area contributed by atoms with Gasteiger partial charge in [0.25, 0.3) is 5.56 Å². The second kappa shape index (κ2) is 9.21. The highest BCUT2D eigenvalue weighted by Crippen LogP contribution is 2.38. The van der Waals surface area contributed by atoms with Crippen LogP contribution in [0.15, 0.2) is 64.4 Å². The number of aromatic hydroxyl groups is 1. The van der Waals surface area contributed by atoms with E-state index in [-0.39, 0.29) is 11.4 Å². The number of nitrogens with zero attached hydrogens (tertiary/aromatic N) is 3. The lowest BCUT2D eigenvalue weighted by molar-refractivity contribution is 0.343. The maximum Gasteiger partial charge on any atom is 0.277 e. The zero-order valence-electron chi connectivity index (χ0n) is 18.2. The van der Waals surface area contributed by atoms with Crippen molar-refractivity contribution in [1.82, 2.24) is 9.36 Å². The van der Waals surface area contributed by atoms with Crippen LogP contribution in [-0.2, 0) is 13.1 Å². The summed E-state index contributed by atoms with van der Waals surface area (Å²) < 4.78 is 3.44. The summed E-state index contributed by atoms with van der Waals surface area (Å²) in [5.74, 6) is 0.0406. The summed E-state index contributed by atoms with van der Waals surface area (Å²) in [7, 11) is 0. The van der Waals surface area contributed by atoms with Crippen molar-refractivity contribution in [2.24, 2.45) is 4.99 Å². The number of rotatable bonds is 8. The van der Waals surface area contributed by atoms with Gasteiger partial charge in [0, 0.05) is 29.8 Å². The van der Waals surface area contributed by atoms with E-state index in [2.05, 4.69) is 13.8 Å². The standard InChI is InChI=1S/C26H29N3O2/c1-3-5-16-28-25(30)22(26(31)29(28)17-6-4-2)18-21-20-14-10-11-15-23(20)27-24(21)19-12-8-7-9-13-19/h7-15,18,30H,3-6,16-17H2,1-2H3. The number of para-hydroxylation sites is 1. The first-order valence-electron chi connectivity index (χ1n) is 11.1. The average Bonchev–Trinajstić information content (AvgIpc) is 3.27. The molecule has 160 valence electrons. The van der Waals surface area contributed by atoms with Crippen LogP contribution in [0.1, 0.15) is 56.2 Å². The third-order valence-corrected chi connectivity index (χ3v) is 5.71. The summed E-state index contributed by atoms with van der Waals surface area (Å²) in [5.41, 5.74) is 4.71.